The van der Waals surface area contributed by atoms with Gasteiger partial charge >= 0.3 is 0 Å². The van der Waals surface area contributed by atoms with Crippen molar-refractivity contribution in [3.8, 4) is 6.07 Å². The van der Waals surface area contributed by atoms with E-state index >= 15 is 0 Å². The van der Waals surface area contributed by atoms with E-state index in [9.17, 15) is 8.78 Å². The maximum Gasteiger partial charge on any atom is 0.159 e. The van der Waals surface area contributed by atoms with Crippen molar-refractivity contribution in [2.75, 3.05) is 6.54 Å². The molecule has 1 aromatic rings. The molecule has 4 heteroatoms. The Bertz CT molecular complexity index is 408. The number of hydrogen-bond acceptors (Lipinski definition) is 2. The number of nitrogens with zero attached hydrogens (tertiary/aromatic N) is 1. The van der Waals surface area contributed by atoms with Gasteiger partial charge in [-0.3, -0.25) is 0 Å². The van der Waals surface area contributed by atoms with E-state index in [1.54, 1.807) is 0 Å². The molecule has 0 heterocycles. The quantitative estimate of drug-likeness (QED) is 0.853. The number of nitrogens with one attached hydrogen (secondary N) is 1. The Hall–Kier alpha value is -1.47. The normalized spacial score (nSPS) is 11.2. The molecule has 0 unspecified atom stereocenters. The first-order valence-corrected chi connectivity index (χ1v) is 5.00. The van der Waals surface area contributed by atoms with Gasteiger partial charge in [-0.2, -0.15) is 5.26 Å². The first-order chi connectivity index (χ1) is 7.44. The van der Waals surface area contributed by atoms with E-state index in [0.717, 1.165) is 12.1 Å². The first-order valence-electron chi connectivity index (χ1n) is 5.00. The molecule has 0 aromatic heterocycles. The molecule has 2 nitrogen and oxygen atoms in total. The maximum atomic E-state index is 12.9. The van der Waals surface area contributed by atoms with Crippen LogP contribution in [0.5, 0.6) is 0 Å². The highest BCUT2D eigenvalue weighted by atomic mass is 19.2. The minimum Gasteiger partial charge on any atom is -0.311 e. The van der Waals surface area contributed by atoms with Crippen molar-refractivity contribution in [1.82, 2.24) is 5.32 Å². The molecule has 0 spiro atoms. The Balaban J connectivity index is 2.50. The van der Waals surface area contributed by atoms with Crippen LogP contribution in [0.4, 0.5) is 8.78 Å². The third-order valence-corrected chi connectivity index (χ3v) is 2.18. The summed E-state index contributed by atoms with van der Waals surface area (Å²) < 4.78 is 25.5. The van der Waals surface area contributed by atoms with Gasteiger partial charge in [-0.05, 0) is 31.5 Å². The average Bonchev–Trinajstić information content (AvgIpc) is 2.23. The summed E-state index contributed by atoms with van der Waals surface area (Å²) in [5.41, 5.74) is 0.200. The highest BCUT2D eigenvalue weighted by Crippen LogP contribution is 2.12. The summed E-state index contributed by atoms with van der Waals surface area (Å²) in [6.07, 6.45) is 0. The summed E-state index contributed by atoms with van der Waals surface area (Å²) in [5, 5.41) is 11.8. The molecule has 0 radical (unpaired) electrons. The highest BCUT2D eigenvalue weighted by molar-refractivity contribution is 5.17. The van der Waals surface area contributed by atoms with E-state index in [1.165, 1.54) is 6.07 Å². The smallest absolute Gasteiger partial charge is 0.159 e. The second kappa shape index (κ2) is 5.04. The third kappa shape index (κ3) is 3.59. The van der Waals surface area contributed by atoms with Gasteiger partial charge in [0.15, 0.2) is 11.6 Å². The van der Waals surface area contributed by atoms with Gasteiger partial charge in [0.25, 0.3) is 0 Å². The lowest BCUT2D eigenvalue weighted by Crippen LogP contribution is -2.27. The fraction of sp³-hybridized carbons (Fsp3) is 0.417. The lowest BCUT2D eigenvalue weighted by molar-refractivity contribution is 0.443. The van der Waals surface area contributed by atoms with Gasteiger partial charge in [0.1, 0.15) is 0 Å². The second-order valence-electron chi connectivity index (χ2n) is 4.35. The molecule has 0 amide bonds. The molecule has 0 saturated heterocycles. The van der Waals surface area contributed by atoms with Crippen molar-refractivity contribution in [3.05, 3.63) is 35.4 Å². The number of rotatable bonds is 4. The molecular weight excluding hydrogens is 210 g/mol. The van der Waals surface area contributed by atoms with Crippen LogP contribution in [0.15, 0.2) is 18.2 Å². The van der Waals surface area contributed by atoms with E-state index in [4.69, 9.17) is 5.26 Å². The summed E-state index contributed by atoms with van der Waals surface area (Å²) in [5.74, 6) is -1.69. The highest BCUT2D eigenvalue weighted by Gasteiger charge is 2.15. The van der Waals surface area contributed by atoms with Crippen LogP contribution in [0.1, 0.15) is 19.4 Å². The van der Waals surface area contributed by atoms with Crippen molar-refractivity contribution < 1.29 is 8.78 Å². The van der Waals surface area contributed by atoms with Gasteiger partial charge in [-0.15, -0.1) is 0 Å². The van der Waals surface area contributed by atoms with Gasteiger partial charge in [0.05, 0.1) is 11.5 Å². The van der Waals surface area contributed by atoms with Crippen molar-refractivity contribution in [3.63, 3.8) is 0 Å². The molecular formula is C12H14F2N2. The summed E-state index contributed by atoms with van der Waals surface area (Å²) in [4.78, 5) is 0. The van der Waals surface area contributed by atoms with Crippen LogP contribution in [0.3, 0.4) is 0 Å². The van der Waals surface area contributed by atoms with Crippen molar-refractivity contribution in [2.24, 2.45) is 5.41 Å². The number of halogens is 2. The van der Waals surface area contributed by atoms with Gasteiger partial charge in [0.2, 0.25) is 0 Å². The molecule has 0 fully saturated rings. The Labute approximate surface area is 93.9 Å². The van der Waals surface area contributed by atoms with Gasteiger partial charge in [-0.25, -0.2) is 8.78 Å². The number of hydrogen-bond donors (Lipinski definition) is 1. The van der Waals surface area contributed by atoms with E-state index < -0.39 is 17.0 Å². The summed E-state index contributed by atoms with van der Waals surface area (Å²) >= 11 is 0. The minimum absolute atomic E-state index is 0.419. The third-order valence-electron chi connectivity index (χ3n) is 2.18. The molecule has 0 aliphatic heterocycles. The van der Waals surface area contributed by atoms with Crippen molar-refractivity contribution >= 4 is 0 Å². The Morgan fingerprint density at radius 3 is 2.56 bits per heavy atom. The zero-order chi connectivity index (χ0) is 12.2. The topological polar surface area (TPSA) is 35.8 Å². The summed E-state index contributed by atoms with van der Waals surface area (Å²) in [6.45, 7) is 4.54. The number of benzene rings is 1. The molecule has 0 saturated carbocycles. The zero-order valence-electron chi connectivity index (χ0n) is 9.35. The van der Waals surface area contributed by atoms with Gasteiger partial charge in [-0.1, -0.05) is 6.07 Å². The fourth-order valence-corrected chi connectivity index (χ4v) is 1.21. The van der Waals surface area contributed by atoms with Crippen LogP contribution < -0.4 is 5.32 Å². The molecule has 1 N–H and O–H groups in total. The predicted molar refractivity (Wildman–Crippen MR) is 57.5 cm³/mol. The summed E-state index contributed by atoms with van der Waals surface area (Å²) in [6, 6.07) is 5.92. The van der Waals surface area contributed by atoms with Crippen LogP contribution in [0.25, 0.3) is 0 Å². The molecule has 86 valence electrons. The van der Waals surface area contributed by atoms with Crippen LogP contribution in [-0.2, 0) is 6.54 Å². The minimum atomic E-state index is -0.848. The SMILES string of the molecule is CC(C)(C#N)CNCc1ccc(F)c(F)c1. The Kier molecular flexibility index (Phi) is 3.97. The van der Waals surface area contributed by atoms with Gasteiger partial charge in [0, 0.05) is 13.1 Å². The van der Waals surface area contributed by atoms with E-state index in [-0.39, 0.29) is 0 Å². The molecule has 0 aliphatic carbocycles. The van der Waals surface area contributed by atoms with Crippen LogP contribution >= 0.6 is 0 Å². The standard InChI is InChI=1S/C12H14F2N2/c1-12(2,7-15)8-16-6-9-3-4-10(13)11(14)5-9/h3-5,16H,6,8H2,1-2H3. The predicted octanol–water partition coefficient (Wildman–Crippen LogP) is 2.60. The molecule has 0 aliphatic rings. The molecule has 0 atom stereocenters. The monoisotopic (exact) mass is 224 g/mol. The fourth-order valence-electron chi connectivity index (χ4n) is 1.21. The van der Waals surface area contributed by atoms with Crippen LogP contribution in [0, 0.1) is 28.4 Å². The Morgan fingerprint density at radius 1 is 1.31 bits per heavy atom. The summed E-state index contributed by atoms with van der Waals surface area (Å²) in [7, 11) is 0. The van der Waals surface area contributed by atoms with Crippen LogP contribution in [0.2, 0.25) is 0 Å². The Morgan fingerprint density at radius 2 is 2.00 bits per heavy atom. The van der Waals surface area contributed by atoms with Crippen LogP contribution in [-0.4, -0.2) is 6.54 Å². The van der Waals surface area contributed by atoms with Gasteiger partial charge < -0.3 is 5.32 Å². The van der Waals surface area contributed by atoms with Crippen molar-refractivity contribution in [1.29, 1.82) is 5.26 Å². The van der Waals surface area contributed by atoms with Crippen molar-refractivity contribution in [2.45, 2.75) is 20.4 Å². The average molecular weight is 224 g/mol. The molecule has 1 aromatic carbocycles. The lowest BCUT2D eigenvalue weighted by atomic mass is 9.96. The second-order valence-corrected chi connectivity index (χ2v) is 4.35. The first kappa shape index (κ1) is 12.6. The zero-order valence-corrected chi connectivity index (χ0v) is 9.35. The van der Waals surface area contributed by atoms with E-state index in [0.29, 0.717) is 18.7 Å². The van der Waals surface area contributed by atoms with E-state index in [1.807, 2.05) is 13.8 Å². The number of nitriles is 1. The molecule has 0 bridgehead atoms. The lowest BCUT2D eigenvalue weighted by Gasteiger charge is -2.15. The maximum absolute atomic E-state index is 12.9. The van der Waals surface area contributed by atoms with E-state index in [2.05, 4.69) is 11.4 Å². The molecule has 16 heavy (non-hydrogen) atoms. The molecule has 1 rings (SSSR count). The largest absolute Gasteiger partial charge is 0.311 e.